The monoisotopic (exact) mass is 465 g/mol. The van der Waals surface area contributed by atoms with Gasteiger partial charge in [-0.05, 0) is 25.0 Å². The van der Waals surface area contributed by atoms with E-state index < -0.39 is 12.2 Å². The maximum absolute atomic E-state index is 13.2. The van der Waals surface area contributed by atoms with Gasteiger partial charge in [-0.2, -0.15) is 0 Å². The molecule has 3 amide bonds. The molecule has 4 atom stereocenters. The highest BCUT2D eigenvalue weighted by molar-refractivity contribution is 5.90. The number of ether oxygens (including phenoxy) is 5. The van der Waals surface area contributed by atoms with Crippen molar-refractivity contribution in [2.45, 2.75) is 43.6 Å². The lowest BCUT2D eigenvalue weighted by Crippen LogP contribution is -2.58. The summed E-state index contributed by atoms with van der Waals surface area (Å²) in [5.74, 6) is 1.10. The van der Waals surface area contributed by atoms with Gasteiger partial charge in [-0.3, -0.25) is 4.79 Å². The molecule has 0 radical (unpaired) electrons. The maximum Gasteiger partial charge on any atom is 0.322 e. The van der Waals surface area contributed by atoms with Crippen molar-refractivity contribution in [1.29, 1.82) is 0 Å². The Morgan fingerprint density at radius 3 is 2.91 bits per heavy atom. The Labute approximate surface area is 192 Å². The number of anilines is 1. The fraction of sp³-hybridized carbons (Fsp3) is 0.636. The van der Waals surface area contributed by atoms with Crippen LogP contribution in [0.5, 0.6) is 11.5 Å². The molecule has 182 valence electrons. The van der Waals surface area contributed by atoms with E-state index in [0.29, 0.717) is 43.2 Å². The second-order valence-electron chi connectivity index (χ2n) is 8.33. The van der Waals surface area contributed by atoms with Crippen molar-refractivity contribution in [3.63, 3.8) is 0 Å². The molecular formula is C22H31N3O8. The summed E-state index contributed by atoms with van der Waals surface area (Å²) in [5.41, 5.74) is 0.566. The van der Waals surface area contributed by atoms with Crippen LogP contribution in [0.15, 0.2) is 18.2 Å². The van der Waals surface area contributed by atoms with Gasteiger partial charge >= 0.3 is 6.03 Å². The van der Waals surface area contributed by atoms with Crippen LogP contribution in [0.2, 0.25) is 0 Å². The number of hydrogen-bond acceptors (Lipinski definition) is 8. The average Bonchev–Trinajstić information content (AvgIpc) is 3.25. The number of carbonyl (C=O) groups excluding carboxylic acids is 2. The molecule has 0 unspecified atom stereocenters. The third kappa shape index (κ3) is 6.05. The zero-order valence-electron chi connectivity index (χ0n) is 18.7. The molecule has 0 bridgehead atoms. The van der Waals surface area contributed by atoms with E-state index in [2.05, 4.69) is 10.6 Å². The minimum Gasteiger partial charge on any atom is -0.454 e. The molecule has 0 saturated carbocycles. The molecule has 4 rings (SSSR count). The first-order valence-corrected chi connectivity index (χ1v) is 11.2. The van der Waals surface area contributed by atoms with E-state index >= 15 is 0 Å². The average molecular weight is 466 g/mol. The van der Waals surface area contributed by atoms with Gasteiger partial charge in [-0.15, -0.1) is 0 Å². The van der Waals surface area contributed by atoms with Crippen molar-refractivity contribution in [2.75, 3.05) is 52.1 Å². The van der Waals surface area contributed by atoms with Crippen molar-refractivity contribution >= 4 is 17.6 Å². The number of amides is 3. The molecule has 1 aromatic rings. The molecule has 3 aliphatic heterocycles. The number of carbonyl (C=O) groups is 2. The van der Waals surface area contributed by atoms with Crippen LogP contribution in [-0.4, -0.2) is 93.1 Å². The Hall–Kier alpha value is -2.60. The lowest BCUT2D eigenvalue weighted by Gasteiger charge is -2.44. The Bertz CT molecular complexity index is 838. The van der Waals surface area contributed by atoms with E-state index in [0.717, 1.165) is 0 Å². The molecule has 2 fully saturated rings. The van der Waals surface area contributed by atoms with Crippen LogP contribution in [0, 0.1) is 0 Å². The van der Waals surface area contributed by atoms with Crippen molar-refractivity contribution in [3.8, 4) is 11.5 Å². The fourth-order valence-corrected chi connectivity index (χ4v) is 4.32. The summed E-state index contributed by atoms with van der Waals surface area (Å²) in [4.78, 5) is 27.0. The topological polar surface area (TPSA) is 128 Å². The van der Waals surface area contributed by atoms with E-state index in [1.165, 1.54) is 0 Å². The lowest BCUT2D eigenvalue weighted by molar-refractivity contribution is -0.149. The smallest absolute Gasteiger partial charge is 0.322 e. The summed E-state index contributed by atoms with van der Waals surface area (Å²) >= 11 is 0. The van der Waals surface area contributed by atoms with E-state index in [9.17, 15) is 14.7 Å². The number of urea groups is 1. The standard InChI is InChI=1S/C22H31N3O8/c1-29-7-6-23-21(27)9-16-3-4-17-20(33-16)12-30-11-15(26)10-25(17)22(28)24-14-2-5-18-19(8-14)32-13-31-18/h2,5,8,15-17,20,26H,3-4,6-7,9-13H2,1H3,(H,23,27)(H,24,28)/t15-,16+,17+,20-/m1/s1. The van der Waals surface area contributed by atoms with Crippen molar-refractivity contribution < 1.29 is 38.4 Å². The number of hydrogen-bond donors (Lipinski definition) is 3. The van der Waals surface area contributed by atoms with E-state index in [1.54, 1.807) is 30.2 Å². The number of fused-ring (bicyclic) bond motifs is 2. The second kappa shape index (κ2) is 11.0. The maximum atomic E-state index is 13.2. The zero-order valence-corrected chi connectivity index (χ0v) is 18.7. The van der Waals surface area contributed by atoms with Crippen molar-refractivity contribution in [1.82, 2.24) is 10.2 Å². The summed E-state index contributed by atoms with van der Waals surface area (Å²) in [6.45, 7) is 1.50. The highest BCUT2D eigenvalue weighted by atomic mass is 16.7. The molecule has 33 heavy (non-hydrogen) atoms. The molecule has 0 aliphatic carbocycles. The first kappa shape index (κ1) is 23.6. The van der Waals surface area contributed by atoms with Gasteiger partial charge in [0.2, 0.25) is 12.7 Å². The van der Waals surface area contributed by atoms with Gasteiger partial charge in [0.25, 0.3) is 0 Å². The number of nitrogens with zero attached hydrogens (tertiary/aromatic N) is 1. The van der Waals surface area contributed by atoms with Crippen LogP contribution in [0.3, 0.4) is 0 Å². The molecule has 3 aliphatic rings. The summed E-state index contributed by atoms with van der Waals surface area (Å²) in [6, 6.07) is 4.55. The molecular weight excluding hydrogens is 434 g/mol. The fourth-order valence-electron chi connectivity index (χ4n) is 4.32. The van der Waals surface area contributed by atoms with Crippen LogP contribution in [0.1, 0.15) is 19.3 Å². The Morgan fingerprint density at radius 2 is 2.06 bits per heavy atom. The summed E-state index contributed by atoms with van der Waals surface area (Å²) < 4.78 is 27.4. The van der Waals surface area contributed by atoms with Crippen LogP contribution >= 0.6 is 0 Å². The molecule has 11 nitrogen and oxygen atoms in total. The van der Waals surface area contributed by atoms with E-state index in [4.69, 9.17) is 23.7 Å². The van der Waals surface area contributed by atoms with Crippen LogP contribution < -0.4 is 20.1 Å². The van der Waals surface area contributed by atoms with Gasteiger partial charge in [0.15, 0.2) is 11.5 Å². The van der Waals surface area contributed by atoms with Crippen molar-refractivity contribution in [3.05, 3.63) is 18.2 Å². The zero-order chi connectivity index (χ0) is 23.2. The minimum atomic E-state index is -0.808. The van der Waals surface area contributed by atoms with Gasteiger partial charge in [-0.1, -0.05) is 0 Å². The van der Waals surface area contributed by atoms with Crippen LogP contribution in [-0.2, 0) is 19.0 Å². The summed E-state index contributed by atoms with van der Waals surface area (Å²) in [5, 5.41) is 16.0. The Balaban J connectivity index is 1.39. The van der Waals surface area contributed by atoms with Gasteiger partial charge in [-0.25, -0.2) is 4.79 Å². The number of nitrogens with one attached hydrogen (secondary N) is 2. The highest BCUT2D eigenvalue weighted by Gasteiger charge is 2.40. The summed E-state index contributed by atoms with van der Waals surface area (Å²) in [7, 11) is 1.58. The number of methoxy groups -OCH3 is 1. The van der Waals surface area contributed by atoms with E-state index in [-0.39, 0.29) is 57.1 Å². The SMILES string of the molecule is COCCNC(=O)C[C@@H]1CC[C@H]2[C@@H](COC[C@H](O)CN2C(=O)Nc2ccc3c(c2)OCO3)O1. The molecule has 3 heterocycles. The largest absolute Gasteiger partial charge is 0.454 e. The quantitative estimate of drug-likeness (QED) is 0.524. The molecule has 2 saturated heterocycles. The van der Waals surface area contributed by atoms with Crippen LogP contribution in [0.25, 0.3) is 0 Å². The molecule has 0 aromatic heterocycles. The highest BCUT2D eigenvalue weighted by Crippen LogP contribution is 2.34. The van der Waals surface area contributed by atoms with E-state index in [1.807, 2.05) is 0 Å². The van der Waals surface area contributed by atoms with Gasteiger partial charge in [0.1, 0.15) is 6.10 Å². The number of rotatable bonds is 6. The normalized spacial score (nSPS) is 26.7. The number of aliphatic hydroxyl groups excluding tert-OH is 1. The second-order valence-corrected chi connectivity index (χ2v) is 8.33. The molecule has 0 spiro atoms. The minimum absolute atomic E-state index is 0.0998. The molecule has 11 heteroatoms. The molecule has 3 N–H and O–H groups in total. The third-order valence-electron chi connectivity index (χ3n) is 5.91. The van der Waals surface area contributed by atoms with Gasteiger partial charge in [0.05, 0.1) is 51.0 Å². The Morgan fingerprint density at radius 1 is 1.21 bits per heavy atom. The number of aliphatic hydroxyl groups is 1. The number of benzene rings is 1. The first-order valence-electron chi connectivity index (χ1n) is 11.2. The van der Waals surface area contributed by atoms with Crippen molar-refractivity contribution in [2.24, 2.45) is 0 Å². The predicted molar refractivity (Wildman–Crippen MR) is 116 cm³/mol. The third-order valence-corrected chi connectivity index (χ3v) is 5.91. The lowest BCUT2D eigenvalue weighted by atomic mass is 9.95. The predicted octanol–water partition coefficient (Wildman–Crippen LogP) is 0.709. The van der Waals surface area contributed by atoms with Gasteiger partial charge in [0, 0.05) is 25.4 Å². The Kier molecular flexibility index (Phi) is 7.86. The summed E-state index contributed by atoms with van der Waals surface area (Å²) in [6.07, 6.45) is 0.0105. The van der Waals surface area contributed by atoms with Gasteiger partial charge < -0.3 is 44.3 Å². The molecule has 1 aromatic carbocycles. The first-order chi connectivity index (χ1) is 16.0. The van der Waals surface area contributed by atoms with Crippen LogP contribution in [0.4, 0.5) is 10.5 Å². The number of β-amino-alcohol motifs (C(OH)–C–C–N with tert-alkyl or cyclic N) is 1.